The molecule has 0 spiro atoms. The van der Waals surface area contributed by atoms with E-state index in [2.05, 4.69) is 46.5 Å². The van der Waals surface area contributed by atoms with Crippen molar-refractivity contribution in [2.75, 3.05) is 18.9 Å². The number of nitrogens with zero attached hydrogens (tertiary/aromatic N) is 3. The number of rotatable bonds is 7. The van der Waals surface area contributed by atoms with Gasteiger partial charge in [0.2, 0.25) is 5.91 Å². The van der Waals surface area contributed by atoms with E-state index in [1.165, 1.54) is 11.1 Å². The van der Waals surface area contributed by atoms with Crippen LogP contribution in [0.15, 0.2) is 54.6 Å². The van der Waals surface area contributed by atoms with E-state index in [1.807, 2.05) is 55.9 Å². The fourth-order valence-corrected chi connectivity index (χ4v) is 3.22. The van der Waals surface area contributed by atoms with Gasteiger partial charge >= 0.3 is 0 Å². The van der Waals surface area contributed by atoms with Crippen molar-refractivity contribution in [3.05, 3.63) is 77.1 Å². The second-order valence-corrected chi connectivity index (χ2v) is 7.31. The molecule has 0 aliphatic carbocycles. The van der Waals surface area contributed by atoms with Gasteiger partial charge in [0.1, 0.15) is 0 Å². The normalized spacial score (nSPS) is 11.0. The summed E-state index contributed by atoms with van der Waals surface area (Å²) in [6.07, 6.45) is 0.442. The van der Waals surface area contributed by atoms with E-state index in [-0.39, 0.29) is 5.91 Å². The van der Waals surface area contributed by atoms with E-state index >= 15 is 0 Å². The first-order chi connectivity index (χ1) is 13.4. The van der Waals surface area contributed by atoms with Crippen LogP contribution in [0.3, 0.4) is 0 Å². The molecule has 0 unspecified atom stereocenters. The Morgan fingerprint density at radius 3 is 2.39 bits per heavy atom. The van der Waals surface area contributed by atoms with Crippen molar-refractivity contribution >= 4 is 11.6 Å². The van der Waals surface area contributed by atoms with Crippen LogP contribution < -0.4 is 5.32 Å². The van der Waals surface area contributed by atoms with Crippen LogP contribution in [0.4, 0.5) is 5.69 Å². The summed E-state index contributed by atoms with van der Waals surface area (Å²) in [6, 6.07) is 18.5. The molecule has 0 radical (unpaired) electrons. The number of carbonyl (C=O) groups excluding carboxylic acids is 1. The van der Waals surface area contributed by atoms with Gasteiger partial charge in [-0.15, -0.1) is 0 Å². The summed E-state index contributed by atoms with van der Waals surface area (Å²) in [4.78, 5) is 14.7. The molecule has 1 aromatic heterocycles. The molecule has 3 rings (SSSR count). The van der Waals surface area contributed by atoms with Gasteiger partial charge in [-0.2, -0.15) is 5.10 Å². The van der Waals surface area contributed by atoms with E-state index in [4.69, 9.17) is 0 Å². The van der Waals surface area contributed by atoms with Gasteiger partial charge in [-0.1, -0.05) is 48.0 Å². The van der Waals surface area contributed by atoms with Crippen LogP contribution in [0.5, 0.6) is 0 Å². The molecule has 5 heteroatoms. The Hall–Kier alpha value is -2.92. The van der Waals surface area contributed by atoms with Crippen LogP contribution in [-0.2, 0) is 11.3 Å². The summed E-state index contributed by atoms with van der Waals surface area (Å²) in [5.41, 5.74) is 6.06. The number of hydrogen-bond acceptors (Lipinski definition) is 3. The maximum Gasteiger partial charge on any atom is 0.225 e. The summed E-state index contributed by atoms with van der Waals surface area (Å²) in [5, 5.41) is 7.63. The molecular formula is C23H28N4O. The van der Waals surface area contributed by atoms with E-state index in [1.54, 1.807) is 0 Å². The molecule has 146 valence electrons. The number of amides is 1. The lowest BCUT2D eigenvalue weighted by Gasteiger charge is -2.16. The minimum atomic E-state index is 0.00886. The quantitative estimate of drug-likeness (QED) is 0.670. The van der Waals surface area contributed by atoms with Gasteiger partial charge in [-0.25, -0.2) is 4.68 Å². The fraction of sp³-hybridized carbons (Fsp3) is 0.304. The number of nitrogens with one attached hydrogen (secondary N) is 1. The van der Waals surface area contributed by atoms with Crippen LogP contribution in [0.2, 0.25) is 0 Å². The highest BCUT2D eigenvalue weighted by atomic mass is 16.1. The van der Waals surface area contributed by atoms with Crippen molar-refractivity contribution in [2.45, 2.75) is 33.7 Å². The van der Waals surface area contributed by atoms with Gasteiger partial charge in [0.05, 0.1) is 22.8 Å². The average Bonchev–Trinajstić information content (AvgIpc) is 2.97. The van der Waals surface area contributed by atoms with Crippen LogP contribution in [0, 0.1) is 20.8 Å². The van der Waals surface area contributed by atoms with Gasteiger partial charge < -0.3 is 10.2 Å². The van der Waals surface area contributed by atoms with Crippen LogP contribution in [-0.4, -0.2) is 34.2 Å². The van der Waals surface area contributed by atoms with Crippen LogP contribution in [0.1, 0.15) is 28.9 Å². The van der Waals surface area contributed by atoms with Gasteiger partial charge in [-0.05, 0) is 45.5 Å². The minimum absolute atomic E-state index is 0.00886. The predicted octanol–water partition coefficient (Wildman–Crippen LogP) is 4.26. The zero-order chi connectivity index (χ0) is 20.1. The highest BCUT2D eigenvalue weighted by molar-refractivity contribution is 5.92. The molecule has 0 aliphatic heterocycles. The number of carbonyl (C=O) groups is 1. The van der Waals surface area contributed by atoms with Crippen molar-refractivity contribution in [2.24, 2.45) is 0 Å². The largest absolute Gasteiger partial charge is 0.323 e. The van der Waals surface area contributed by atoms with E-state index in [0.29, 0.717) is 13.0 Å². The zero-order valence-electron chi connectivity index (χ0n) is 17.1. The number of benzene rings is 2. The Balaban J connectivity index is 1.57. The Kier molecular flexibility index (Phi) is 6.26. The molecule has 3 aromatic rings. The fourth-order valence-electron chi connectivity index (χ4n) is 3.22. The summed E-state index contributed by atoms with van der Waals surface area (Å²) >= 11 is 0. The molecule has 1 amide bonds. The van der Waals surface area contributed by atoms with Crippen molar-refractivity contribution in [1.29, 1.82) is 0 Å². The Bertz CT molecular complexity index is 929. The first-order valence-corrected chi connectivity index (χ1v) is 9.59. The van der Waals surface area contributed by atoms with Crippen molar-refractivity contribution < 1.29 is 4.79 Å². The highest BCUT2D eigenvalue weighted by Gasteiger charge is 2.15. The average molecular weight is 377 g/mol. The summed E-state index contributed by atoms with van der Waals surface area (Å²) in [6.45, 7) is 7.52. The van der Waals surface area contributed by atoms with Gasteiger partial charge in [0.25, 0.3) is 0 Å². The lowest BCUT2D eigenvalue weighted by atomic mass is 10.1. The molecule has 0 saturated heterocycles. The highest BCUT2D eigenvalue weighted by Crippen LogP contribution is 2.22. The van der Waals surface area contributed by atoms with Gasteiger partial charge in [0.15, 0.2) is 0 Å². The molecule has 0 atom stereocenters. The predicted molar refractivity (Wildman–Crippen MR) is 114 cm³/mol. The van der Waals surface area contributed by atoms with Crippen molar-refractivity contribution in [3.8, 4) is 5.69 Å². The standard InChI is InChI=1S/C23H28N4O/c1-17-10-12-20(13-11-17)16-26(4)15-14-22(28)24-23-18(2)25-27(19(23)3)21-8-6-5-7-9-21/h5-13H,14-16H2,1-4H3,(H,24,28). The monoisotopic (exact) mass is 376 g/mol. The Labute approximate surface area is 167 Å². The SMILES string of the molecule is Cc1ccc(CN(C)CCC(=O)Nc2c(C)nn(-c3ccccc3)c2C)cc1. The molecule has 5 nitrogen and oxygen atoms in total. The molecule has 2 aromatic carbocycles. The van der Waals surface area contributed by atoms with Gasteiger partial charge in [0, 0.05) is 19.5 Å². The summed E-state index contributed by atoms with van der Waals surface area (Å²) < 4.78 is 1.87. The third-order valence-corrected chi connectivity index (χ3v) is 4.85. The topological polar surface area (TPSA) is 50.2 Å². The first-order valence-electron chi connectivity index (χ1n) is 9.59. The van der Waals surface area contributed by atoms with Crippen molar-refractivity contribution in [1.82, 2.24) is 14.7 Å². The number of aryl methyl sites for hydroxylation is 2. The van der Waals surface area contributed by atoms with Crippen LogP contribution in [0.25, 0.3) is 5.69 Å². The van der Waals surface area contributed by atoms with Gasteiger partial charge in [-0.3, -0.25) is 4.79 Å². The maximum absolute atomic E-state index is 12.5. The molecule has 28 heavy (non-hydrogen) atoms. The second-order valence-electron chi connectivity index (χ2n) is 7.31. The minimum Gasteiger partial charge on any atom is -0.323 e. The van der Waals surface area contributed by atoms with E-state index in [0.717, 1.165) is 29.3 Å². The third-order valence-electron chi connectivity index (χ3n) is 4.85. The van der Waals surface area contributed by atoms with E-state index in [9.17, 15) is 4.79 Å². The number of hydrogen-bond donors (Lipinski definition) is 1. The summed E-state index contributed by atoms with van der Waals surface area (Å²) in [7, 11) is 2.04. The molecule has 0 aliphatic rings. The van der Waals surface area contributed by atoms with Crippen LogP contribution >= 0.6 is 0 Å². The summed E-state index contributed by atoms with van der Waals surface area (Å²) in [5.74, 6) is 0.00886. The maximum atomic E-state index is 12.5. The Morgan fingerprint density at radius 1 is 1.04 bits per heavy atom. The number of para-hydroxylation sites is 1. The third kappa shape index (κ3) is 4.87. The molecule has 1 N–H and O–H groups in total. The lowest BCUT2D eigenvalue weighted by Crippen LogP contribution is -2.24. The molecule has 0 bridgehead atoms. The Morgan fingerprint density at radius 2 is 1.71 bits per heavy atom. The molecular weight excluding hydrogens is 348 g/mol. The lowest BCUT2D eigenvalue weighted by molar-refractivity contribution is -0.116. The zero-order valence-corrected chi connectivity index (χ0v) is 17.1. The smallest absolute Gasteiger partial charge is 0.225 e. The molecule has 1 heterocycles. The molecule has 0 fully saturated rings. The molecule has 0 saturated carbocycles. The number of aromatic nitrogens is 2. The first kappa shape index (κ1) is 19.8. The van der Waals surface area contributed by atoms with Crippen molar-refractivity contribution in [3.63, 3.8) is 0 Å². The number of anilines is 1. The van der Waals surface area contributed by atoms with E-state index < -0.39 is 0 Å². The second kappa shape index (κ2) is 8.85.